The molecule has 3 heterocycles. The minimum atomic E-state index is -1.63. The Morgan fingerprint density at radius 2 is 2.14 bits per heavy atom. The zero-order valence-electron chi connectivity index (χ0n) is 22.3. The van der Waals surface area contributed by atoms with Gasteiger partial charge in [-0.05, 0) is 34.6 Å². The number of fused-ring (bicyclic) bond motifs is 1. The Morgan fingerprint density at radius 3 is 2.72 bits per heavy atom. The molecule has 0 aliphatic carbocycles. The second-order valence-electron chi connectivity index (χ2n) is 8.80. The van der Waals surface area contributed by atoms with E-state index in [4.69, 9.17) is 25.2 Å². The number of amides is 1. The number of carbonyl (C=O) groups is 1. The van der Waals surface area contributed by atoms with Crippen molar-refractivity contribution in [1.82, 2.24) is 24.2 Å². The molecular formula is C22H34N7O6P. The van der Waals surface area contributed by atoms with E-state index in [1.54, 1.807) is 0 Å². The summed E-state index contributed by atoms with van der Waals surface area (Å²) in [5.74, 6) is -0.421. The lowest BCUT2D eigenvalue weighted by atomic mass is 10.1. The van der Waals surface area contributed by atoms with Crippen molar-refractivity contribution in [2.24, 2.45) is 0 Å². The summed E-state index contributed by atoms with van der Waals surface area (Å²) in [6, 6.07) is 2.25. The Bertz CT molecular complexity index is 1160. The number of H-pyrrole nitrogens is 1. The summed E-state index contributed by atoms with van der Waals surface area (Å²) in [6.45, 7) is 9.50. The van der Waals surface area contributed by atoms with Crippen molar-refractivity contribution >= 4 is 31.5 Å². The van der Waals surface area contributed by atoms with Crippen LogP contribution in [0, 0.1) is 11.3 Å². The van der Waals surface area contributed by atoms with Gasteiger partial charge in [-0.25, -0.2) is 9.65 Å². The molecule has 13 nitrogen and oxygen atoms in total. The number of anilines is 1. The number of methoxy groups -OCH3 is 1. The van der Waals surface area contributed by atoms with Crippen LogP contribution in [0.15, 0.2) is 11.1 Å². The molecule has 0 bridgehead atoms. The molecule has 0 aromatic carbocycles. The van der Waals surface area contributed by atoms with Crippen LogP contribution in [0.5, 0.6) is 0 Å². The van der Waals surface area contributed by atoms with E-state index in [1.807, 2.05) is 27.7 Å². The van der Waals surface area contributed by atoms with Gasteiger partial charge in [-0.1, -0.05) is 0 Å². The molecule has 5 atom stereocenters. The Labute approximate surface area is 212 Å². The van der Waals surface area contributed by atoms with Gasteiger partial charge in [0.15, 0.2) is 17.4 Å². The molecule has 0 spiro atoms. The standard InChI is InChI=1S/C22H34N7O6P/c1-12(2)29(13(3)4)36(33-10-8-9-23)35-17-14(5)34-21(18(17)32-7)28-11-24-16-19(28)26-22(25-15(6)30)27-20(16)31/h11-14,17-18,21H,8,10H2,1-7H3,(H2,25,26,27,30,31)/t14-,17?,18+,21-,36?/m1/s1/i5D. The van der Waals surface area contributed by atoms with E-state index in [1.165, 1.54) is 24.9 Å². The number of nitriles is 1. The van der Waals surface area contributed by atoms with Crippen LogP contribution in [0.25, 0.3) is 11.2 Å². The number of hydrogen-bond donors (Lipinski definition) is 2. The zero-order chi connectivity index (χ0) is 27.3. The predicted molar refractivity (Wildman–Crippen MR) is 133 cm³/mol. The van der Waals surface area contributed by atoms with E-state index in [2.05, 4.69) is 31.0 Å². The maximum Gasteiger partial charge on any atom is 0.280 e. The highest BCUT2D eigenvalue weighted by molar-refractivity contribution is 7.44. The number of nitrogens with one attached hydrogen (secondary N) is 2. The Hall–Kier alpha value is -2.46. The first kappa shape index (κ1) is 26.6. The van der Waals surface area contributed by atoms with Gasteiger partial charge >= 0.3 is 0 Å². The van der Waals surface area contributed by atoms with Crippen molar-refractivity contribution in [3.8, 4) is 6.07 Å². The quantitative estimate of drug-likeness (QED) is 0.331. The molecule has 1 aliphatic heterocycles. The molecule has 14 heteroatoms. The van der Waals surface area contributed by atoms with E-state index >= 15 is 0 Å². The normalized spacial score (nSPS) is 23.4. The number of aromatic nitrogens is 4. The predicted octanol–water partition coefficient (Wildman–Crippen LogP) is 2.67. The van der Waals surface area contributed by atoms with Gasteiger partial charge in [0.1, 0.15) is 12.2 Å². The maximum absolute atomic E-state index is 12.5. The monoisotopic (exact) mass is 524 g/mol. The number of nitrogens with zero attached hydrogens (tertiary/aromatic N) is 5. The average molecular weight is 525 g/mol. The lowest BCUT2D eigenvalue weighted by molar-refractivity contribution is -0.114. The number of carbonyl (C=O) groups excluding carboxylic acids is 1. The minimum absolute atomic E-state index is 0.0255. The summed E-state index contributed by atoms with van der Waals surface area (Å²) in [6.07, 6.45) is -1.29. The van der Waals surface area contributed by atoms with Crippen LogP contribution in [0.1, 0.15) is 55.5 Å². The molecule has 198 valence electrons. The molecule has 1 fully saturated rings. The Balaban J connectivity index is 1.98. The van der Waals surface area contributed by atoms with Crippen LogP contribution in [0.4, 0.5) is 5.95 Å². The van der Waals surface area contributed by atoms with E-state index in [9.17, 15) is 9.59 Å². The molecule has 1 aliphatic rings. The lowest BCUT2D eigenvalue weighted by Gasteiger charge is -2.37. The highest BCUT2D eigenvalue weighted by atomic mass is 31.2. The molecule has 2 N–H and O–H groups in total. The topological polar surface area (TPSA) is 157 Å². The third kappa shape index (κ3) is 6.08. The molecular weight excluding hydrogens is 489 g/mol. The highest BCUT2D eigenvalue weighted by Crippen LogP contribution is 2.50. The fourth-order valence-electron chi connectivity index (χ4n) is 4.05. The first-order chi connectivity index (χ1) is 17.6. The van der Waals surface area contributed by atoms with Gasteiger partial charge in [0.25, 0.3) is 14.1 Å². The second-order valence-corrected chi connectivity index (χ2v) is 10.2. The van der Waals surface area contributed by atoms with E-state index in [0.717, 1.165) is 0 Å². The van der Waals surface area contributed by atoms with Crippen molar-refractivity contribution in [1.29, 1.82) is 5.26 Å². The summed E-state index contributed by atoms with van der Waals surface area (Å²) in [5.41, 5.74) is -0.280. The van der Waals surface area contributed by atoms with Crippen molar-refractivity contribution in [3.63, 3.8) is 0 Å². The molecule has 1 amide bonds. The van der Waals surface area contributed by atoms with Gasteiger partial charge in [-0.2, -0.15) is 10.2 Å². The van der Waals surface area contributed by atoms with Crippen molar-refractivity contribution < 1.29 is 24.7 Å². The van der Waals surface area contributed by atoms with E-state index in [0.29, 0.717) is 0 Å². The van der Waals surface area contributed by atoms with Crippen LogP contribution in [0.2, 0.25) is 0 Å². The fourth-order valence-corrected chi connectivity index (χ4v) is 5.82. The SMILES string of the molecule is [2H]C[C@H]1O[C@@H](n2cnc3c(=O)[nH]c(NC(C)=O)nc32)[C@@H](OC)C1OP(OCCC#N)N(C(C)C)C(C)C. The third-order valence-electron chi connectivity index (χ3n) is 5.43. The van der Waals surface area contributed by atoms with Crippen LogP contribution < -0.4 is 10.9 Å². The molecule has 36 heavy (non-hydrogen) atoms. The van der Waals surface area contributed by atoms with Gasteiger partial charge in [0, 0.05) is 27.5 Å². The molecule has 0 saturated carbocycles. The van der Waals surface area contributed by atoms with Crippen molar-refractivity contribution in [2.45, 2.75) is 84.6 Å². The molecule has 2 aromatic rings. The number of imidazole rings is 1. The van der Waals surface area contributed by atoms with Gasteiger partial charge in [-0.3, -0.25) is 24.5 Å². The summed E-state index contributed by atoms with van der Waals surface area (Å²) in [5, 5.41) is 11.5. The third-order valence-corrected chi connectivity index (χ3v) is 7.56. The average Bonchev–Trinajstić information content (AvgIpc) is 3.39. The first-order valence-corrected chi connectivity index (χ1v) is 12.7. The molecule has 0 radical (unpaired) electrons. The van der Waals surface area contributed by atoms with Crippen molar-refractivity contribution in [2.75, 3.05) is 19.0 Å². The van der Waals surface area contributed by atoms with Crippen LogP contribution >= 0.6 is 8.53 Å². The number of rotatable bonds is 11. The number of ether oxygens (including phenoxy) is 2. The van der Waals surface area contributed by atoms with Gasteiger partial charge in [-0.15, -0.1) is 0 Å². The minimum Gasteiger partial charge on any atom is -0.374 e. The fraction of sp³-hybridized carbons (Fsp3) is 0.682. The van der Waals surface area contributed by atoms with Crippen LogP contribution in [-0.4, -0.2) is 74.2 Å². The van der Waals surface area contributed by atoms with E-state index in [-0.39, 0.29) is 49.1 Å². The second kappa shape index (κ2) is 12.2. The van der Waals surface area contributed by atoms with Crippen LogP contribution in [0.3, 0.4) is 0 Å². The largest absolute Gasteiger partial charge is 0.374 e. The molecule has 3 rings (SSSR count). The van der Waals surface area contributed by atoms with Gasteiger partial charge < -0.3 is 18.5 Å². The Morgan fingerprint density at radius 1 is 1.42 bits per heavy atom. The molecule has 2 unspecified atom stereocenters. The Kier molecular flexibility index (Phi) is 9.00. The smallest absolute Gasteiger partial charge is 0.280 e. The van der Waals surface area contributed by atoms with Gasteiger partial charge in [0.05, 0.1) is 31.5 Å². The van der Waals surface area contributed by atoms with Crippen molar-refractivity contribution in [3.05, 3.63) is 16.7 Å². The van der Waals surface area contributed by atoms with Crippen LogP contribution in [-0.2, 0) is 23.3 Å². The molecule has 2 aromatic heterocycles. The zero-order valence-corrected chi connectivity index (χ0v) is 22.2. The van der Waals surface area contributed by atoms with E-state index < -0.39 is 44.5 Å². The lowest BCUT2D eigenvalue weighted by Crippen LogP contribution is -2.39. The maximum atomic E-state index is 12.5. The summed E-state index contributed by atoms with van der Waals surface area (Å²) in [4.78, 5) is 35.0. The summed E-state index contributed by atoms with van der Waals surface area (Å²) < 4.78 is 36.3. The number of aromatic amines is 1. The first-order valence-electron chi connectivity index (χ1n) is 12.3. The summed E-state index contributed by atoms with van der Waals surface area (Å²) >= 11 is 0. The number of hydrogen-bond acceptors (Lipinski definition) is 10. The summed E-state index contributed by atoms with van der Waals surface area (Å²) in [7, 11) is -0.119. The molecule has 1 saturated heterocycles. The highest BCUT2D eigenvalue weighted by Gasteiger charge is 2.48. The van der Waals surface area contributed by atoms with Gasteiger partial charge in [0.2, 0.25) is 11.9 Å².